The summed E-state index contributed by atoms with van der Waals surface area (Å²) < 4.78 is 39.6. The van der Waals surface area contributed by atoms with Crippen molar-refractivity contribution in [2.45, 2.75) is 66.1 Å². The van der Waals surface area contributed by atoms with Crippen LogP contribution in [-0.2, 0) is 27.2 Å². The van der Waals surface area contributed by atoms with Crippen molar-refractivity contribution in [1.29, 1.82) is 0 Å². The van der Waals surface area contributed by atoms with Crippen LogP contribution in [0.4, 0.5) is 8.78 Å². The monoisotopic (exact) mass is 641 g/mol. The molecule has 4 aromatic carbocycles. The van der Waals surface area contributed by atoms with Crippen molar-refractivity contribution in [1.82, 2.24) is 4.98 Å². The number of hydrogen-bond acceptors (Lipinski definition) is 5. The molecule has 0 radical (unpaired) electrons. The lowest BCUT2D eigenvalue weighted by Gasteiger charge is -2.29. The van der Waals surface area contributed by atoms with Crippen LogP contribution < -0.4 is 4.74 Å². The molecule has 1 atom stereocenters. The molecule has 244 valence electrons. The maximum atomic E-state index is 14.9. The molecule has 5 aromatic rings. The number of nitrogens with zero attached hydrogens (tertiary/aromatic N) is 1. The molecule has 0 spiro atoms. The summed E-state index contributed by atoms with van der Waals surface area (Å²) in [5.74, 6) is -1.91. The van der Waals surface area contributed by atoms with E-state index < -0.39 is 23.6 Å². The zero-order valence-corrected chi connectivity index (χ0v) is 27.2. The predicted octanol–water partition coefficient (Wildman–Crippen LogP) is 8.45. The average Bonchev–Trinajstić information content (AvgIpc) is 2.99. The second kappa shape index (κ2) is 13.1. The number of carboxylic acid groups (broad SMARTS) is 2. The van der Waals surface area contributed by atoms with Gasteiger partial charge < -0.3 is 19.7 Å². The number of pyridine rings is 1. The molecule has 2 heterocycles. The Morgan fingerprint density at radius 1 is 0.936 bits per heavy atom. The van der Waals surface area contributed by atoms with Gasteiger partial charge in [-0.1, -0.05) is 18.2 Å². The third kappa shape index (κ3) is 7.10. The van der Waals surface area contributed by atoms with Gasteiger partial charge in [0.05, 0.1) is 24.1 Å². The Balaban J connectivity index is 0.000000305. The summed E-state index contributed by atoms with van der Waals surface area (Å²) in [6, 6.07) is 15.3. The number of halogens is 2. The number of aliphatic carboxylic acids is 2. The molecule has 1 aliphatic heterocycles. The second-order valence-electron chi connectivity index (χ2n) is 12.8. The van der Waals surface area contributed by atoms with E-state index in [2.05, 4.69) is 0 Å². The highest BCUT2D eigenvalue weighted by molar-refractivity contribution is 6.09. The summed E-state index contributed by atoms with van der Waals surface area (Å²) >= 11 is 0. The quantitative estimate of drug-likeness (QED) is 0.192. The van der Waals surface area contributed by atoms with E-state index in [0.717, 1.165) is 39.6 Å². The number of rotatable bonds is 6. The van der Waals surface area contributed by atoms with Crippen LogP contribution in [0.2, 0.25) is 0 Å². The number of carboxylic acids is 2. The normalized spacial score (nSPS) is 13.1. The van der Waals surface area contributed by atoms with Gasteiger partial charge in [-0.2, -0.15) is 0 Å². The molecule has 0 bridgehead atoms. The maximum Gasteiger partial charge on any atom is 0.337 e. The van der Waals surface area contributed by atoms with E-state index in [1.807, 2.05) is 52.0 Å². The number of aromatic nitrogens is 1. The van der Waals surface area contributed by atoms with Gasteiger partial charge in [-0.25, -0.2) is 13.6 Å². The highest BCUT2D eigenvalue weighted by Crippen LogP contribution is 2.45. The van der Waals surface area contributed by atoms with E-state index in [0.29, 0.717) is 45.3 Å². The van der Waals surface area contributed by atoms with Gasteiger partial charge in [0.25, 0.3) is 0 Å². The van der Waals surface area contributed by atoms with Crippen molar-refractivity contribution in [3.05, 3.63) is 106 Å². The highest BCUT2D eigenvalue weighted by atomic mass is 19.1. The number of aryl methyl sites for hydroxylation is 3. The standard InChI is InChI=1S/C29H28FNO4.C9H9FO2/c1-15-12-18-13-16(2)23(27(28(32)33)35-29(3,4)5)25(20(18)14-21(15)30)19-6-7-22-24-17(9-11-34-22)8-10-31-26(19)24;1-6-4-7(5-9(11)12)2-3-8(6)10/h6-8,10,12-14,27H,9,11H2,1-5H3,(H,32,33);2-4H,5H2,1H3,(H,11,12)/t27-;/m0./s1. The zero-order valence-electron chi connectivity index (χ0n) is 27.2. The third-order valence-electron chi connectivity index (χ3n) is 8.04. The number of ether oxygens (including phenoxy) is 2. The molecule has 1 aromatic heterocycles. The van der Waals surface area contributed by atoms with E-state index in [4.69, 9.17) is 19.6 Å². The number of hydrogen-bond donors (Lipinski definition) is 2. The first-order valence-electron chi connectivity index (χ1n) is 15.3. The molecule has 0 saturated heterocycles. The van der Waals surface area contributed by atoms with E-state index in [-0.39, 0.29) is 18.1 Å². The summed E-state index contributed by atoms with van der Waals surface area (Å²) in [6.45, 7) is 11.3. The molecular weight excluding hydrogens is 604 g/mol. The highest BCUT2D eigenvalue weighted by Gasteiger charge is 2.33. The molecule has 0 aliphatic carbocycles. The fourth-order valence-corrected chi connectivity index (χ4v) is 6.00. The molecule has 47 heavy (non-hydrogen) atoms. The van der Waals surface area contributed by atoms with Gasteiger partial charge in [0.15, 0.2) is 6.10 Å². The Hall–Kier alpha value is -4.89. The Morgan fingerprint density at radius 3 is 2.30 bits per heavy atom. The summed E-state index contributed by atoms with van der Waals surface area (Å²) in [5.41, 5.74) is 5.35. The molecule has 9 heteroatoms. The van der Waals surface area contributed by atoms with Crippen molar-refractivity contribution < 1.29 is 38.1 Å². The topological polar surface area (TPSA) is 106 Å². The number of fused-ring (bicyclic) bond motifs is 1. The van der Waals surface area contributed by atoms with Crippen LogP contribution in [0.5, 0.6) is 5.75 Å². The van der Waals surface area contributed by atoms with Crippen molar-refractivity contribution in [2.24, 2.45) is 0 Å². The van der Waals surface area contributed by atoms with Gasteiger partial charge in [-0.3, -0.25) is 9.78 Å². The van der Waals surface area contributed by atoms with Crippen LogP contribution in [-0.4, -0.2) is 39.3 Å². The predicted molar refractivity (Wildman–Crippen MR) is 177 cm³/mol. The van der Waals surface area contributed by atoms with Gasteiger partial charge in [0.1, 0.15) is 17.4 Å². The van der Waals surface area contributed by atoms with Gasteiger partial charge in [0, 0.05) is 29.1 Å². The van der Waals surface area contributed by atoms with Gasteiger partial charge >= 0.3 is 11.9 Å². The average molecular weight is 642 g/mol. The summed E-state index contributed by atoms with van der Waals surface area (Å²) in [7, 11) is 0. The Kier molecular flexibility index (Phi) is 9.32. The maximum absolute atomic E-state index is 14.9. The summed E-state index contributed by atoms with van der Waals surface area (Å²) in [6.07, 6.45) is 1.22. The lowest BCUT2D eigenvalue weighted by molar-refractivity contribution is -0.160. The van der Waals surface area contributed by atoms with E-state index in [1.165, 1.54) is 18.2 Å². The minimum Gasteiger partial charge on any atom is -0.493 e. The van der Waals surface area contributed by atoms with Crippen LogP contribution in [0.25, 0.3) is 32.8 Å². The van der Waals surface area contributed by atoms with Crippen molar-refractivity contribution >= 4 is 33.6 Å². The third-order valence-corrected chi connectivity index (χ3v) is 8.04. The Labute approximate surface area is 271 Å². The molecule has 1 aliphatic rings. The Bertz CT molecular complexity index is 2020. The first-order valence-corrected chi connectivity index (χ1v) is 15.3. The minimum absolute atomic E-state index is 0.0544. The first kappa shape index (κ1) is 33.5. The molecule has 0 amide bonds. The van der Waals surface area contributed by atoms with E-state index in [9.17, 15) is 23.5 Å². The molecule has 2 N–H and O–H groups in total. The molecule has 0 unspecified atom stereocenters. The lowest BCUT2D eigenvalue weighted by atomic mass is 9.85. The van der Waals surface area contributed by atoms with Crippen LogP contribution in [0.3, 0.4) is 0 Å². The number of carbonyl (C=O) groups is 2. The summed E-state index contributed by atoms with van der Waals surface area (Å²) in [5, 5.41) is 21.1. The van der Waals surface area contributed by atoms with Crippen LogP contribution in [0, 0.1) is 32.4 Å². The SMILES string of the molecule is Cc1cc(CC(=O)O)ccc1F.Cc1cc2cc(C)c([C@H](OC(C)(C)C)C(=O)O)c(-c3ccc4c5c(ccnc35)CCO4)c2cc1F. The minimum atomic E-state index is -1.25. The lowest BCUT2D eigenvalue weighted by Crippen LogP contribution is -2.28. The van der Waals surface area contributed by atoms with Crippen molar-refractivity contribution in [3.63, 3.8) is 0 Å². The van der Waals surface area contributed by atoms with E-state index in [1.54, 1.807) is 32.2 Å². The molecular formula is C38H37F2NO6. The van der Waals surface area contributed by atoms with Gasteiger partial charge in [0.2, 0.25) is 0 Å². The van der Waals surface area contributed by atoms with Crippen molar-refractivity contribution in [3.8, 4) is 16.9 Å². The summed E-state index contributed by atoms with van der Waals surface area (Å²) in [4.78, 5) is 27.5. The van der Waals surface area contributed by atoms with Crippen molar-refractivity contribution in [2.75, 3.05) is 6.61 Å². The number of benzene rings is 4. The second-order valence-corrected chi connectivity index (χ2v) is 12.8. The van der Waals surface area contributed by atoms with Crippen LogP contribution >= 0.6 is 0 Å². The van der Waals surface area contributed by atoms with Crippen LogP contribution in [0.1, 0.15) is 60.3 Å². The Morgan fingerprint density at radius 2 is 1.64 bits per heavy atom. The van der Waals surface area contributed by atoms with Crippen LogP contribution in [0.15, 0.2) is 60.8 Å². The molecule has 0 fully saturated rings. The molecule has 0 saturated carbocycles. The largest absolute Gasteiger partial charge is 0.493 e. The fraction of sp³-hybridized carbons (Fsp3) is 0.289. The zero-order chi connectivity index (χ0) is 34.2. The van der Waals surface area contributed by atoms with Gasteiger partial charge in [-0.05, 0) is 122 Å². The van der Waals surface area contributed by atoms with Gasteiger partial charge in [-0.15, -0.1) is 0 Å². The van der Waals surface area contributed by atoms with E-state index >= 15 is 0 Å². The smallest absolute Gasteiger partial charge is 0.337 e. The first-order chi connectivity index (χ1) is 22.1. The fourth-order valence-electron chi connectivity index (χ4n) is 6.00. The molecule has 6 rings (SSSR count). The molecule has 7 nitrogen and oxygen atoms in total.